The van der Waals surface area contributed by atoms with Gasteiger partial charge < -0.3 is 10.2 Å². The van der Waals surface area contributed by atoms with Crippen LogP contribution in [0.15, 0.2) is 28.7 Å². The van der Waals surface area contributed by atoms with Gasteiger partial charge in [0.25, 0.3) is 0 Å². The van der Waals surface area contributed by atoms with E-state index >= 15 is 0 Å². The Hall–Kier alpha value is -0.540. The highest BCUT2D eigenvalue weighted by atomic mass is 79.9. The van der Waals surface area contributed by atoms with E-state index in [0.29, 0.717) is 0 Å². The van der Waals surface area contributed by atoms with Crippen LogP contribution < -0.4 is 10.2 Å². The molecule has 1 aromatic rings. The molecule has 0 amide bonds. The standard InChI is InChI=1S/C13H19BrN2/c1-13(2)7-8-15-9-10-16(13)12-5-3-11(14)4-6-12/h3-6,15H,7-10H2,1-2H3. The lowest BCUT2D eigenvalue weighted by molar-refractivity contribution is 0.454. The lowest BCUT2D eigenvalue weighted by Gasteiger charge is -2.39. The number of hydrogen-bond acceptors (Lipinski definition) is 2. The second-order valence-electron chi connectivity index (χ2n) is 4.94. The number of halogens is 1. The number of anilines is 1. The van der Waals surface area contributed by atoms with Gasteiger partial charge in [-0.15, -0.1) is 0 Å². The highest BCUT2D eigenvalue weighted by Gasteiger charge is 2.28. The van der Waals surface area contributed by atoms with Gasteiger partial charge in [-0.1, -0.05) is 15.9 Å². The Bertz CT molecular complexity index is 345. The summed E-state index contributed by atoms with van der Waals surface area (Å²) in [7, 11) is 0. The molecule has 1 aliphatic heterocycles. The van der Waals surface area contributed by atoms with Crippen LogP contribution in [-0.4, -0.2) is 25.2 Å². The van der Waals surface area contributed by atoms with E-state index < -0.39 is 0 Å². The van der Waals surface area contributed by atoms with Crippen molar-refractivity contribution < 1.29 is 0 Å². The molecule has 1 saturated heterocycles. The molecule has 0 atom stereocenters. The van der Waals surface area contributed by atoms with Gasteiger partial charge >= 0.3 is 0 Å². The Balaban J connectivity index is 2.26. The molecule has 0 saturated carbocycles. The average Bonchev–Trinajstić information content (AvgIpc) is 2.41. The summed E-state index contributed by atoms with van der Waals surface area (Å²) in [6.07, 6.45) is 1.18. The van der Waals surface area contributed by atoms with Gasteiger partial charge in [-0.3, -0.25) is 0 Å². The maximum atomic E-state index is 3.48. The Labute approximate surface area is 106 Å². The van der Waals surface area contributed by atoms with Crippen LogP contribution in [0, 0.1) is 0 Å². The average molecular weight is 283 g/mol. The van der Waals surface area contributed by atoms with Crippen LogP contribution in [0.2, 0.25) is 0 Å². The molecule has 1 aliphatic rings. The van der Waals surface area contributed by atoms with Crippen LogP contribution in [0.5, 0.6) is 0 Å². The summed E-state index contributed by atoms with van der Waals surface area (Å²) in [5, 5.41) is 3.46. The van der Waals surface area contributed by atoms with Crippen molar-refractivity contribution in [3.05, 3.63) is 28.7 Å². The van der Waals surface area contributed by atoms with E-state index in [1.807, 2.05) is 0 Å². The van der Waals surface area contributed by atoms with Crippen molar-refractivity contribution in [1.29, 1.82) is 0 Å². The van der Waals surface area contributed by atoms with E-state index in [1.54, 1.807) is 0 Å². The molecule has 0 spiro atoms. The van der Waals surface area contributed by atoms with Crippen LogP contribution in [0.3, 0.4) is 0 Å². The van der Waals surface area contributed by atoms with Crippen molar-refractivity contribution in [2.24, 2.45) is 0 Å². The summed E-state index contributed by atoms with van der Waals surface area (Å²) in [5.41, 5.74) is 1.55. The molecule has 2 nitrogen and oxygen atoms in total. The Morgan fingerprint density at radius 3 is 2.56 bits per heavy atom. The summed E-state index contributed by atoms with van der Waals surface area (Å²) < 4.78 is 1.14. The van der Waals surface area contributed by atoms with Gasteiger partial charge in [0.1, 0.15) is 0 Å². The zero-order chi connectivity index (χ0) is 11.6. The van der Waals surface area contributed by atoms with E-state index in [1.165, 1.54) is 12.1 Å². The van der Waals surface area contributed by atoms with Gasteiger partial charge in [-0.25, -0.2) is 0 Å². The third kappa shape index (κ3) is 2.58. The third-order valence-corrected chi connectivity index (χ3v) is 3.82. The molecule has 1 fully saturated rings. The Kier molecular flexibility index (Phi) is 3.55. The van der Waals surface area contributed by atoms with Crippen molar-refractivity contribution in [2.45, 2.75) is 25.8 Å². The van der Waals surface area contributed by atoms with Crippen LogP contribution >= 0.6 is 15.9 Å². The molecule has 3 heteroatoms. The molecule has 1 aromatic carbocycles. The highest BCUT2D eigenvalue weighted by molar-refractivity contribution is 9.10. The van der Waals surface area contributed by atoms with Crippen molar-refractivity contribution in [1.82, 2.24) is 5.32 Å². The number of nitrogens with one attached hydrogen (secondary N) is 1. The molecule has 0 bridgehead atoms. The molecule has 1 heterocycles. The van der Waals surface area contributed by atoms with Gasteiger partial charge in [0.05, 0.1) is 0 Å². The van der Waals surface area contributed by atoms with Crippen LogP contribution in [0.1, 0.15) is 20.3 Å². The van der Waals surface area contributed by atoms with E-state index in [4.69, 9.17) is 0 Å². The lowest BCUT2D eigenvalue weighted by Crippen LogP contribution is -2.44. The Morgan fingerprint density at radius 1 is 1.19 bits per heavy atom. The zero-order valence-corrected chi connectivity index (χ0v) is 11.5. The second kappa shape index (κ2) is 4.76. The van der Waals surface area contributed by atoms with Crippen molar-refractivity contribution >= 4 is 21.6 Å². The van der Waals surface area contributed by atoms with Gasteiger partial charge in [0.15, 0.2) is 0 Å². The van der Waals surface area contributed by atoms with Crippen molar-refractivity contribution in [2.75, 3.05) is 24.5 Å². The van der Waals surface area contributed by atoms with Gasteiger partial charge in [0, 0.05) is 28.8 Å². The number of hydrogen-bond donors (Lipinski definition) is 1. The smallest absolute Gasteiger partial charge is 0.0371 e. The number of nitrogens with zero attached hydrogens (tertiary/aromatic N) is 1. The molecule has 88 valence electrons. The van der Waals surface area contributed by atoms with E-state index in [0.717, 1.165) is 24.1 Å². The first kappa shape index (κ1) is 11.9. The van der Waals surface area contributed by atoms with Crippen LogP contribution in [0.25, 0.3) is 0 Å². The molecule has 0 unspecified atom stereocenters. The predicted octanol–water partition coefficient (Wildman–Crippen LogP) is 3.03. The molecule has 0 aliphatic carbocycles. The van der Waals surface area contributed by atoms with Gasteiger partial charge in [-0.2, -0.15) is 0 Å². The van der Waals surface area contributed by atoms with Gasteiger partial charge in [0.2, 0.25) is 0 Å². The molecule has 0 radical (unpaired) electrons. The minimum Gasteiger partial charge on any atom is -0.365 e. The summed E-state index contributed by atoms with van der Waals surface area (Å²) in [6.45, 7) is 7.90. The first-order valence-electron chi connectivity index (χ1n) is 5.83. The summed E-state index contributed by atoms with van der Waals surface area (Å²) in [4.78, 5) is 2.50. The molecule has 16 heavy (non-hydrogen) atoms. The molecular formula is C13H19BrN2. The first-order chi connectivity index (χ1) is 7.59. The fourth-order valence-electron chi connectivity index (χ4n) is 2.25. The second-order valence-corrected chi connectivity index (χ2v) is 5.86. The first-order valence-corrected chi connectivity index (χ1v) is 6.63. The summed E-state index contributed by atoms with van der Waals surface area (Å²) in [6, 6.07) is 8.61. The Morgan fingerprint density at radius 2 is 1.88 bits per heavy atom. The number of benzene rings is 1. The fraction of sp³-hybridized carbons (Fsp3) is 0.538. The van der Waals surface area contributed by atoms with Crippen LogP contribution in [-0.2, 0) is 0 Å². The zero-order valence-electron chi connectivity index (χ0n) is 9.96. The maximum absolute atomic E-state index is 3.48. The minimum atomic E-state index is 0.233. The summed E-state index contributed by atoms with van der Waals surface area (Å²) in [5.74, 6) is 0. The molecule has 0 aromatic heterocycles. The highest BCUT2D eigenvalue weighted by Crippen LogP contribution is 2.28. The number of rotatable bonds is 1. The van der Waals surface area contributed by atoms with E-state index in [2.05, 4.69) is 64.3 Å². The third-order valence-electron chi connectivity index (χ3n) is 3.29. The lowest BCUT2D eigenvalue weighted by atomic mass is 9.98. The predicted molar refractivity (Wildman–Crippen MR) is 73.1 cm³/mol. The molecular weight excluding hydrogens is 264 g/mol. The SMILES string of the molecule is CC1(C)CCNCCN1c1ccc(Br)cc1. The normalized spacial score (nSPS) is 20.6. The van der Waals surface area contributed by atoms with Crippen molar-refractivity contribution in [3.8, 4) is 0 Å². The van der Waals surface area contributed by atoms with Crippen molar-refractivity contribution in [3.63, 3.8) is 0 Å². The monoisotopic (exact) mass is 282 g/mol. The maximum Gasteiger partial charge on any atom is 0.0371 e. The minimum absolute atomic E-state index is 0.233. The topological polar surface area (TPSA) is 15.3 Å². The quantitative estimate of drug-likeness (QED) is 0.852. The molecule has 1 N–H and O–H groups in total. The van der Waals surface area contributed by atoms with E-state index in [9.17, 15) is 0 Å². The fourth-order valence-corrected chi connectivity index (χ4v) is 2.51. The molecule has 2 rings (SSSR count). The van der Waals surface area contributed by atoms with Crippen LogP contribution in [0.4, 0.5) is 5.69 Å². The van der Waals surface area contributed by atoms with E-state index in [-0.39, 0.29) is 5.54 Å². The van der Waals surface area contributed by atoms with Gasteiger partial charge in [-0.05, 0) is 51.1 Å². The largest absolute Gasteiger partial charge is 0.365 e. The summed E-state index contributed by atoms with van der Waals surface area (Å²) >= 11 is 3.48.